The number of ether oxygens (including phenoxy) is 1. The molecule has 3 aliphatic rings. The molecule has 5 atom stereocenters. The zero-order chi connectivity index (χ0) is 44.8. The average Bonchev–Trinajstić information content (AvgIpc) is 3.01. The van der Waals surface area contributed by atoms with E-state index in [1.165, 1.54) is 38.5 Å². The highest BCUT2D eigenvalue weighted by Gasteiger charge is 2.54. The van der Waals surface area contributed by atoms with Crippen molar-refractivity contribution in [3.63, 3.8) is 0 Å². The van der Waals surface area contributed by atoms with Gasteiger partial charge in [0.05, 0.1) is 24.7 Å². The lowest BCUT2D eigenvalue weighted by molar-refractivity contribution is -0.172. The first-order chi connectivity index (χ1) is 27.0. The SMILES string of the molecule is CCCCCCCCCCC(C1CC(C)(C)NC(C)(C)C1)C(C1CC(C)(C)NC(C)(C)C1)C(OC(=O)CC(C(=O)O)C(CC(=O)O)C(=O)O)C1CC(C)(C)NC(C)(C)C1. The van der Waals surface area contributed by atoms with Crippen LogP contribution in [0.3, 0.4) is 0 Å². The number of carbonyl (C=O) groups is 4. The number of esters is 1. The van der Waals surface area contributed by atoms with Crippen LogP contribution in [0.15, 0.2) is 0 Å². The van der Waals surface area contributed by atoms with Crippen molar-refractivity contribution in [2.75, 3.05) is 0 Å². The summed E-state index contributed by atoms with van der Waals surface area (Å²) >= 11 is 0. The molecule has 342 valence electrons. The Morgan fingerprint density at radius 2 is 0.881 bits per heavy atom. The third-order valence-corrected chi connectivity index (χ3v) is 13.7. The molecule has 0 radical (unpaired) electrons. The lowest BCUT2D eigenvalue weighted by Crippen LogP contribution is -2.64. The maximum atomic E-state index is 14.5. The number of unbranched alkanes of at least 4 members (excludes halogenated alkanes) is 7. The molecule has 0 saturated carbocycles. The van der Waals surface area contributed by atoms with Gasteiger partial charge >= 0.3 is 23.9 Å². The Balaban J connectivity index is 2.25. The topological polar surface area (TPSA) is 174 Å². The van der Waals surface area contributed by atoms with Gasteiger partial charge in [0.1, 0.15) is 6.10 Å². The largest absolute Gasteiger partial charge is 0.481 e. The van der Waals surface area contributed by atoms with E-state index in [1.807, 2.05) is 0 Å². The number of carbonyl (C=O) groups excluding carboxylic acids is 1. The quantitative estimate of drug-likeness (QED) is 0.0453. The maximum Gasteiger partial charge on any atom is 0.307 e. The van der Waals surface area contributed by atoms with Gasteiger partial charge in [0.25, 0.3) is 0 Å². The molecular weight excluding hydrogens is 747 g/mol. The molecule has 0 aromatic rings. The summed E-state index contributed by atoms with van der Waals surface area (Å²) in [5.41, 5.74) is -1.17. The van der Waals surface area contributed by atoms with E-state index in [-0.39, 0.29) is 56.9 Å². The monoisotopic (exact) mass is 834 g/mol. The predicted molar refractivity (Wildman–Crippen MR) is 235 cm³/mol. The summed E-state index contributed by atoms with van der Waals surface area (Å²) in [7, 11) is 0. The molecule has 0 spiro atoms. The Morgan fingerprint density at radius 3 is 1.27 bits per heavy atom. The molecule has 0 aromatic carbocycles. The van der Waals surface area contributed by atoms with Crippen LogP contribution in [-0.2, 0) is 23.9 Å². The highest BCUT2D eigenvalue weighted by molar-refractivity contribution is 5.86. The summed E-state index contributed by atoms with van der Waals surface area (Å²) in [5.74, 6) is -8.16. The Morgan fingerprint density at radius 1 is 0.525 bits per heavy atom. The lowest BCUT2D eigenvalue weighted by atomic mass is 9.57. The minimum Gasteiger partial charge on any atom is -0.481 e. The Labute approximate surface area is 358 Å². The number of carboxylic acids is 3. The van der Waals surface area contributed by atoms with Crippen LogP contribution < -0.4 is 16.0 Å². The second kappa shape index (κ2) is 20.3. The highest BCUT2D eigenvalue weighted by atomic mass is 16.5. The van der Waals surface area contributed by atoms with Gasteiger partial charge < -0.3 is 36.0 Å². The zero-order valence-corrected chi connectivity index (χ0v) is 39.5. The molecule has 3 rings (SSSR count). The van der Waals surface area contributed by atoms with Crippen LogP contribution in [-0.4, -0.2) is 78.5 Å². The Kier molecular flexibility index (Phi) is 17.6. The fourth-order valence-corrected chi connectivity index (χ4v) is 13.0. The molecule has 11 nitrogen and oxygen atoms in total. The van der Waals surface area contributed by atoms with Crippen molar-refractivity contribution in [2.45, 2.75) is 239 Å². The lowest BCUT2D eigenvalue weighted by Gasteiger charge is -2.57. The van der Waals surface area contributed by atoms with E-state index < -0.39 is 54.7 Å². The number of nitrogens with one attached hydrogen (secondary N) is 3. The second-order valence-electron chi connectivity index (χ2n) is 23.3. The molecule has 59 heavy (non-hydrogen) atoms. The van der Waals surface area contributed by atoms with Gasteiger partial charge in [-0.2, -0.15) is 0 Å². The molecule has 5 unspecified atom stereocenters. The van der Waals surface area contributed by atoms with Crippen molar-refractivity contribution in [3.8, 4) is 0 Å². The van der Waals surface area contributed by atoms with E-state index >= 15 is 0 Å². The van der Waals surface area contributed by atoms with Gasteiger partial charge in [-0.05, 0) is 152 Å². The molecule has 0 amide bonds. The number of rotatable bonds is 22. The van der Waals surface area contributed by atoms with E-state index in [4.69, 9.17) is 4.74 Å². The smallest absolute Gasteiger partial charge is 0.307 e. The van der Waals surface area contributed by atoms with E-state index in [0.29, 0.717) is 5.92 Å². The zero-order valence-electron chi connectivity index (χ0n) is 39.5. The molecule has 3 aliphatic heterocycles. The number of hydrogen-bond donors (Lipinski definition) is 6. The fourth-order valence-electron chi connectivity index (χ4n) is 13.0. The Bertz CT molecular complexity index is 1370. The summed E-state index contributed by atoms with van der Waals surface area (Å²) in [4.78, 5) is 51.2. The molecular formula is C48H87N3O8. The minimum atomic E-state index is -1.77. The number of aliphatic carboxylic acids is 3. The van der Waals surface area contributed by atoms with Gasteiger partial charge in [-0.25, -0.2) is 0 Å². The number of piperidine rings is 3. The van der Waals surface area contributed by atoms with Crippen molar-refractivity contribution in [2.24, 2.45) is 41.4 Å². The van der Waals surface area contributed by atoms with Gasteiger partial charge in [0, 0.05) is 39.2 Å². The highest BCUT2D eigenvalue weighted by Crippen LogP contribution is 2.52. The third-order valence-electron chi connectivity index (χ3n) is 13.7. The Hall–Kier alpha value is -2.24. The first kappa shape index (κ1) is 51.1. The standard InChI is InChI=1S/C48H87N3O8/c1-14-15-16-17-18-19-20-21-22-34(31-25-43(2,3)49-44(4,5)26-31)39(32-27-45(6,7)50-46(8,9)28-32)40(33-29-47(10,11)51-48(12,13)30-33)59-38(54)24-36(42(57)58)35(41(55)56)23-37(52)53/h31-36,39-40,49-51H,14-30H2,1-13H3,(H,52,53)(H,55,56)(H,57,58). The molecule has 0 aliphatic carbocycles. The van der Waals surface area contributed by atoms with Crippen LogP contribution >= 0.6 is 0 Å². The summed E-state index contributed by atoms with van der Waals surface area (Å²) in [6.45, 7) is 29.3. The first-order valence-electron chi connectivity index (χ1n) is 23.2. The minimum absolute atomic E-state index is 0.0499. The summed E-state index contributed by atoms with van der Waals surface area (Å²) in [6.07, 6.45) is 13.8. The predicted octanol–water partition coefficient (Wildman–Crippen LogP) is 9.60. The first-order valence-corrected chi connectivity index (χ1v) is 23.2. The normalized spacial score (nSPS) is 25.2. The van der Waals surface area contributed by atoms with Crippen LogP contribution in [0.4, 0.5) is 0 Å². The summed E-state index contributed by atoms with van der Waals surface area (Å²) < 4.78 is 6.90. The maximum absolute atomic E-state index is 14.5. The second-order valence-corrected chi connectivity index (χ2v) is 23.3. The van der Waals surface area contributed by atoms with Crippen molar-refractivity contribution in [3.05, 3.63) is 0 Å². The average molecular weight is 834 g/mol. The van der Waals surface area contributed by atoms with Gasteiger partial charge in [0.15, 0.2) is 0 Å². The van der Waals surface area contributed by atoms with Crippen molar-refractivity contribution in [1.29, 1.82) is 0 Å². The van der Waals surface area contributed by atoms with Crippen LogP contribution in [0, 0.1) is 41.4 Å². The molecule has 6 N–H and O–H groups in total. The van der Waals surface area contributed by atoms with Gasteiger partial charge in [-0.15, -0.1) is 0 Å². The molecule has 3 saturated heterocycles. The molecule has 3 heterocycles. The van der Waals surface area contributed by atoms with E-state index in [2.05, 4.69) is 106 Å². The van der Waals surface area contributed by atoms with Gasteiger partial charge in [-0.1, -0.05) is 58.3 Å². The molecule has 3 fully saturated rings. The molecule has 11 heteroatoms. The summed E-state index contributed by atoms with van der Waals surface area (Å²) in [6, 6.07) is 0. The fraction of sp³-hybridized carbons (Fsp3) is 0.917. The van der Waals surface area contributed by atoms with Gasteiger partial charge in [-0.3, -0.25) is 19.2 Å². The van der Waals surface area contributed by atoms with Crippen LogP contribution in [0.2, 0.25) is 0 Å². The number of carboxylic acid groups (broad SMARTS) is 3. The third kappa shape index (κ3) is 16.2. The molecule has 0 bridgehead atoms. The van der Waals surface area contributed by atoms with Crippen LogP contribution in [0.5, 0.6) is 0 Å². The van der Waals surface area contributed by atoms with E-state index in [1.54, 1.807) is 0 Å². The van der Waals surface area contributed by atoms with Gasteiger partial charge in [0.2, 0.25) is 0 Å². The van der Waals surface area contributed by atoms with E-state index in [0.717, 1.165) is 57.8 Å². The summed E-state index contributed by atoms with van der Waals surface area (Å²) in [5, 5.41) is 41.5. The van der Waals surface area contributed by atoms with Crippen LogP contribution in [0.25, 0.3) is 0 Å². The van der Waals surface area contributed by atoms with Crippen molar-refractivity contribution in [1.82, 2.24) is 16.0 Å². The van der Waals surface area contributed by atoms with Crippen molar-refractivity contribution >= 4 is 23.9 Å². The van der Waals surface area contributed by atoms with Crippen molar-refractivity contribution < 1.29 is 39.2 Å². The van der Waals surface area contributed by atoms with E-state index in [9.17, 15) is 34.5 Å². The number of hydrogen-bond acceptors (Lipinski definition) is 8. The van der Waals surface area contributed by atoms with Crippen LogP contribution in [0.1, 0.15) is 199 Å². The molecule has 0 aromatic heterocycles.